The Bertz CT molecular complexity index is 1210. The summed E-state index contributed by atoms with van der Waals surface area (Å²) in [6, 6.07) is 24.8. The normalized spacial score (nSPS) is 19.3. The van der Waals surface area contributed by atoms with Crippen LogP contribution in [0.3, 0.4) is 0 Å². The predicted molar refractivity (Wildman–Crippen MR) is 133 cm³/mol. The molecule has 1 unspecified atom stereocenters. The van der Waals surface area contributed by atoms with Gasteiger partial charge in [-0.05, 0) is 67.0 Å². The highest BCUT2D eigenvalue weighted by Crippen LogP contribution is 2.45. The van der Waals surface area contributed by atoms with Crippen LogP contribution in [0.1, 0.15) is 54.4 Å². The van der Waals surface area contributed by atoms with E-state index in [1.165, 1.54) is 23.3 Å². The summed E-state index contributed by atoms with van der Waals surface area (Å²) in [5.74, 6) is -0.0336. The van der Waals surface area contributed by atoms with E-state index in [1.807, 2.05) is 17.0 Å². The van der Waals surface area contributed by atoms with E-state index in [0.717, 1.165) is 29.6 Å². The number of nitrogens with zero attached hydrogens (tertiary/aromatic N) is 1. The van der Waals surface area contributed by atoms with Gasteiger partial charge in [0.25, 0.3) is 5.91 Å². The molecule has 1 fully saturated rings. The van der Waals surface area contributed by atoms with Gasteiger partial charge in [0, 0.05) is 24.6 Å². The van der Waals surface area contributed by atoms with Gasteiger partial charge in [0.1, 0.15) is 5.82 Å². The summed E-state index contributed by atoms with van der Waals surface area (Å²) in [4.78, 5) is 15.6. The molecule has 0 bridgehead atoms. The molecule has 1 atom stereocenters. The maximum absolute atomic E-state index is 13.7. The lowest BCUT2D eigenvalue weighted by Crippen LogP contribution is -2.45. The van der Waals surface area contributed by atoms with Gasteiger partial charge in [-0.3, -0.25) is 4.79 Å². The van der Waals surface area contributed by atoms with E-state index in [9.17, 15) is 14.3 Å². The number of benzene rings is 3. The van der Waals surface area contributed by atoms with Crippen molar-refractivity contribution < 1.29 is 14.3 Å². The summed E-state index contributed by atoms with van der Waals surface area (Å²) in [6.45, 7) is 3.04. The predicted octanol–water partition coefficient (Wildman–Crippen LogP) is 5.84. The second kappa shape index (κ2) is 9.19. The number of piperidine rings is 1. The molecule has 2 aliphatic rings. The molecule has 1 amide bonds. The zero-order chi connectivity index (χ0) is 23.7. The van der Waals surface area contributed by atoms with Crippen LogP contribution in [0.15, 0.2) is 84.4 Å². The van der Waals surface area contributed by atoms with E-state index >= 15 is 0 Å². The van der Waals surface area contributed by atoms with Gasteiger partial charge in [-0.25, -0.2) is 4.39 Å². The molecule has 3 nitrogen and oxygen atoms in total. The highest BCUT2D eigenvalue weighted by Gasteiger charge is 2.39. The minimum atomic E-state index is -1.03. The summed E-state index contributed by atoms with van der Waals surface area (Å²) in [7, 11) is 0. The molecular weight excluding hydrogens is 425 g/mol. The lowest BCUT2D eigenvalue weighted by molar-refractivity contribution is -0.129. The molecule has 0 radical (unpaired) electrons. The molecule has 3 aromatic rings. The average Bonchev–Trinajstić information content (AvgIpc) is 3.14. The molecule has 0 aromatic heterocycles. The van der Waals surface area contributed by atoms with Gasteiger partial charge in [-0.15, -0.1) is 0 Å². The fourth-order valence-corrected chi connectivity index (χ4v) is 5.55. The second-order valence-corrected chi connectivity index (χ2v) is 9.55. The number of amides is 1. The fourth-order valence-electron chi connectivity index (χ4n) is 5.55. The van der Waals surface area contributed by atoms with Crippen molar-refractivity contribution in [2.45, 2.75) is 44.1 Å². The number of hydrogen-bond acceptors (Lipinski definition) is 2. The summed E-state index contributed by atoms with van der Waals surface area (Å²) < 4.78 is 13.3. The van der Waals surface area contributed by atoms with E-state index in [4.69, 9.17) is 0 Å². The number of carbonyl (C=O) groups is 1. The van der Waals surface area contributed by atoms with Crippen molar-refractivity contribution in [2.24, 2.45) is 0 Å². The number of likely N-dealkylation sites (tertiary alicyclic amines) is 1. The number of hydrogen-bond donors (Lipinski definition) is 1. The van der Waals surface area contributed by atoms with Crippen LogP contribution in [0.4, 0.5) is 4.39 Å². The first-order valence-electron chi connectivity index (χ1n) is 12.1. The monoisotopic (exact) mass is 455 g/mol. The molecular formula is C30H30FNO2. The van der Waals surface area contributed by atoms with Crippen LogP contribution in [0, 0.1) is 5.82 Å². The Kier molecular flexibility index (Phi) is 6.09. The van der Waals surface area contributed by atoms with Gasteiger partial charge in [-0.1, -0.05) is 72.3 Å². The first-order chi connectivity index (χ1) is 16.5. The number of rotatable bonds is 5. The molecule has 0 spiro atoms. The van der Waals surface area contributed by atoms with Gasteiger partial charge in [0.2, 0.25) is 0 Å². The molecule has 1 aliphatic heterocycles. The molecule has 174 valence electrons. The highest BCUT2D eigenvalue weighted by atomic mass is 19.1. The third-order valence-corrected chi connectivity index (χ3v) is 7.56. The lowest BCUT2D eigenvalue weighted by atomic mass is 9.84. The zero-order valence-corrected chi connectivity index (χ0v) is 19.5. The summed E-state index contributed by atoms with van der Waals surface area (Å²) in [6.07, 6.45) is 2.81. The number of aliphatic hydroxyl groups is 1. The van der Waals surface area contributed by atoms with Crippen molar-refractivity contribution in [3.8, 4) is 0 Å². The van der Waals surface area contributed by atoms with Crippen LogP contribution >= 0.6 is 0 Å². The summed E-state index contributed by atoms with van der Waals surface area (Å²) in [5.41, 5.74) is 5.23. The van der Waals surface area contributed by atoms with Crippen molar-refractivity contribution in [1.29, 1.82) is 0 Å². The Hall–Kier alpha value is -3.24. The topological polar surface area (TPSA) is 40.5 Å². The number of halogens is 1. The van der Waals surface area contributed by atoms with Gasteiger partial charge < -0.3 is 10.0 Å². The molecule has 5 rings (SSSR count). The number of fused-ring (bicyclic) bond motifs is 1. The van der Waals surface area contributed by atoms with E-state index in [2.05, 4.69) is 49.4 Å². The Balaban J connectivity index is 1.34. The van der Waals surface area contributed by atoms with Crippen LogP contribution in [-0.2, 0) is 16.8 Å². The average molecular weight is 456 g/mol. The molecule has 1 aliphatic carbocycles. The Labute approximate surface area is 200 Å². The van der Waals surface area contributed by atoms with Crippen molar-refractivity contribution in [3.05, 3.63) is 113 Å². The highest BCUT2D eigenvalue weighted by molar-refractivity contribution is 6.22. The SMILES string of the molecule is CC1=C(C(=O)N2CCC(O)(c3ccc(F)cc3)CC2)c2ccccc2C1CCc1ccccc1. The van der Waals surface area contributed by atoms with Gasteiger partial charge in [0.05, 0.1) is 5.60 Å². The zero-order valence-electron chi connectivity index (χ0n) is 19.5. The Morgan fingerprint density at radius 1 is 0.971 bits per heavy atom. The van der Waals surface area contributed by atoms with E-state index in [1.54, 1.807) is 12.1 Å². The van der Waals surface area contributed by atoms with Gasteiger partial charge in [0.15, 0.2) is 0 Å². The quantitative estimate of drug-likeness (QED) is 0.525. The van der Waals surface area contributed by atoms with Crippen molar-refractivity contribution in [3.63, 3.8) is 0 Å². The first kappa shape index (κ1) is 22.5. The van der Waals surface area contributed by atoms with Crippen molar-refractivity contribution >= 4 is 11.5 Å². The smallest absolute Gasteiger partial charge is 0.254 e. The van der Waals surface area contributed by atoms with Crippen LogP contribution in [0.5, 0.6) is 0 Å². The summed E-state index contributed by atoms with van der Waals surface area (Å²) in [5, 5.41) is 11.2. The van der Waals surface area contributed by atoms with E-state index in [0.29, 0.717) is 31.5 Å². The van der Waals surface area contributed by atoms with Gasteiger partial charge >= 0.3 is 0 Å². The lowest BCUT2D eigenvalue weighted by Gasteiger charge is -2.39. The molecule has 0 saturated carbocycles. The van der Waals surface area contributed by atoms with E-state index in [-0.39, 0.29) is 17.6 Å². The number of carbonyl (C=O) groups excluding carboxylic acids is 1. The van der Waals surface area contributed by atoms with Crippen molar-refractivity contribution in [1.82, 2.24) is 4.90 Å². The van der Waals surface area contributed by atoms with Gasteiger partial charge in [-0.2, -0.15) is 0 Å². The molecule has 1 N–H and O–H groups in total. The minimum absolute atomic E-state index is 0.0494. The van der Waals surface area contributed by atoms with E-state index < -0.39 is 5.60 Å². The maximum atomic E-state index is 13.7. The molecule has 3 aromatic carbocycles. The Morgan fingerprint density at radius 2 is 1.62 bits per heavy atom. The summed E-state index contributed by atoms with van der Waals surface area (Å²) >= 11 is 0. The molecule has 4 heteroatoms. The van der Waals surface area contributed by atoms with Crippen LogP contribution < -0.4 is 0 Å². The minimum Gasteiger partial charge on any atom is -0.385 e. The maximum Gasteiger partial charge on any atom is 0.254 e. The fraction of sp³-hybridized carbons (Fsp3) is 0.300. The van der Waals surface area contributed by atoms with Crippen LogP contribution in [-0.4, -0.2) is 29.0 Å². The second-order valence-electron chi connectivity index (χ2n) is 9.55. The van der Waals surface area contributed by atoms with Crippen LogP contribution in [0.2, 0.25) is 0 Å². The number of aryl methyl sites for hydroxylation is 1. The first-order valence-corrected chi connectivity index (χ1v) is 12.1. The largest absolute Gasteiger partial charge is 0.385 e. The van der Waals surface area contributed by atoms with Crippen LogP contribution in [0.25, 0.3) is 5.57 Å². The third kappa shape index (κ3) is 4.19. The standard InChI is InChI=1S/C30H30FNO2/c1-21-25(16-11-22-7-3-2-4-8-22)26-9-5-6-10-27(26)28(21)29(33)32-19-17-30(34,18-20-32)23-12-14-24(31)15-13-23/h2-10,12-15,25,34H,11,16-20H2,1H3. The molecule has 1 heterocycles. The third-order valence-electron chi connectivity index (χ3n) is 7.56. The number of allylic oxidation sites excluding steroid dienone is 1. The molecule has 34 heavy (non-hydrogen) atoms. The molecule has 1 saturated heterocycles. The van der Waals surface area contributed by atoms with Crippen molar-refractivity contribution in [2.75, 3.05) is 13.1 Å². The Morgan fingerprint density at radius 3 is 2.32 bits per heavy atom.